The topological polar surface area (TPSA) is 95.0 Å². The third kappa shape index (κ3) is 7.37. The predicted octanol–water partition coefficient (Wildman–Crippen LogP) is 3.02. The molecule has 190 valence electrons. The molecule has 0 saturated carbocycles. The highest BCUT2D eigenvalue weighted by Crippen LogP contribution is 2.25. The number of aliphatic hydroxyl groups is 1. The Labute approximate surface area is 211 Å². The van der Waals surface area contributed by atoms with Gasteiger partial charge in [0.05, 0.1) is 26.7 Å². The van der Waals surface area contributed by atoms with Crippen LogP contribution in [0.15, 0.2) is 36.4 Å². The van der Waals surface area contributed by atoms with Gasteiger partial charge in [0.1, 0.15) is 18.5 Å². The lowest BCUT2D eigenvalue weighted by atomic mass is 10.1. The minimum atomic E-state index is -3.42. The van der Waals surface area contributed by atoms with Crippen molar-refractivity contribution in [2.45, 2.75) is 26.9 Å². The van der Waals surface area contributed by atoms with E-state index in [9.17, 15) is 13.5 Å². The molecule has 10 heteroatoms. The Bertz CT molecular complexity index is 1250. The van der Waals surface area contributed by atoms with Crippen molar-refractivity contribution in [3.8, 4) is 5.75 Å². The summed E-state index contributed by atoms with van der Waals surface area (Å²) in [5, 5.41) is 11.5. The van der Waals surface area contributed by atoms with Gasteiger partial charge >= 0.3 is 0 Å². The summed E-state index contributed by atoms with van der Waals surface area (Å²) < 4.78 is 34.8. The highest BCUT2D eigenvalue weighted by molar-refractivity contribution is 7.92. The van der Waals surface area contributed by atoms with Crippen molar-refractivity contribution in [2.75, 3.05) is 56.4 Å². The Morgan fingerprint density at radius 3 is 2.60 bits per heavy atom. The molecule has 4 rings (SSSR count). The van der Waals surface area contributed by atoms with E-state index in [4.69, 9.17) is 4.74 Å². The first-order chi connectivity index (χ1) is 16.7. The van der Waals surface area contributed by atoms with Gasteiger partial charge in [0, 0.05) is 45.3 Å². The van der Waals surface area contributed by atoms with Gasteiger partial charge in [0.15, 0.2) is 0 Å². The van der Waals surface area contributed by atoms with Crippen molar-refractivity contribution in [3.63, 3.8) is 0 Å². The zero-order chi connectivity index (χ0) is 25.0. The van der Waals surface area contributed by atoms with Crippen LogP contribution in [0.4, 0.5) is 5.69 Å². The summed E-state index contributed by atoms with van der Waals surface area (Å²) in [5.41, 5.74) is 3.50. The van der Waals surface area contributed by atoms with E-state index in [0.29, 0.717) is 24.5 Å². The number of sulfonamides is 1. The van der Waals surface area contributed by atoms with Gasteiger partial charge in [-0.3, -0.25) is 14.5 Å². The molecule has 1 fully saturated rings. The number of anilines is 1. The van der Waals surface area contributed by atoms with Crippen molar-refractivity contribution < 1.29 is 18.3 Å². The smallest absolute Gasteiger partial charge is 0.233 e. The average molecular weight is 519 g/mol. The highest BCUT2D eigenvalue weighted by Gasteiger charge is 2.21. The van der Waals surface area contributed by atoms with Crippen LogP contribution in [-0.4, -0.2) is 86.0 Å². The molecule has 8 nitrogen and oxygen atoms in total. The van der Waals surface area contributed by atoms with E-state index in [0.717, 1.165) is 52.5 Å². The van der Waals surface area contributed by atoms with Crippen LogP contribution in [0.3, 0.4) is 0 Å². The normalized spacial score (nSPS) is 16.5. The number of hydrogen-bond acceptors (Lipinski definition) is 8. The summed E-state index contributed by atoms with van der Waals surface area (Å²) in [7, 11) is -3.42. The van der Waals surface area contributed by atoms with Crippen molar-refractivity contribution in [3.05, 3.63) is 52.5 Å². The summed E-state index contributed by atoms with van der Waals surface area (Å²) in [5.74, 6) is 0.766. The number of β-amino-alcohol motifs (C(OH)–C–C–N with tert-alkyl or cyclic N) is 1. The summed E-state index contributed by atoms with van der Waals surface area (Å²) in [6.07, 6.45) is -0.600. The fourth-order valence-electron chi connectivity index (χ4n) is 4.16. The monoisotopic (exact) mass is 518 g/mol. The Hall–Kier alpha value is -2.24. The van der Waals surface area contributed by atoms with Crippen LogP contribution in [0.5, 0.6) is 5.75 Å². The summed E-state index contributed by atoms with van der Waals surface area (Å²) in [6.45, 7) is 10.2. The lowest BCUT2D eigenvalue weighted by Crippen LogP contribution is -2.50. The summed E-state index contributed by atoms with van der Waals surface area (Å²) >= 11 is 1.65. The van der Waals surface area contributed by atoms with Crippen molar-refractivity contribution in [2.24, 2.45) is 0 Å². The molecule has 1 aromatic heterocycles. The van der Waals surface area contributed by atoms with Crippen LogP contribution in [0, 0.1) is 20.8 Å². The summed E-state index contributed by atoms with van der Waals surface area (Å²) in [6, 6.07) is 11.6. The molecule has 2 aromatic carbocycles. The van der Waals surface area contributed by atoms with Crippen LogP contribution in [-0.2, 0) is 10.0 Å². The predicted molar refractivity (Wildman–Crippen MR) is 142 cm³/mol. The molecule has 0 aliphatic carbocycles. The molecule has 1 aliphatic rings. The molecule has 35 heavy (non-hydrogen) atoms. The van der Waals surface area contributed by atoms with Crippen LogP contribution in [0.25, 0.3) is 10.2 Å². The van der Waals surface area contributed by atoms with Gasteiger partial charge < -0.3 is 9.84 Å². The molecular weight excluding hydrogens is 484 g/mol. The molecule has 0 amide bonds. The number of aliphatic hydroxyl groups excluding tert-OH is 1. The largest absolute Gasteiger partial charge is 0.491 e. The molecule has 1 unspecified atom stereocenters. The van der Waals surface area contributed by atoms with E-state index in [-0.39, 0.29) is 12.4 Å². The maximum absolute atomic E-state index is 12.6. The van der Waals surface area contributed by atoms with E-state index in [1.54, 1.807) is 11.3 Å². The first-order valence-corrected chi connectivity index (χ1v) is 14.3. The maximum atomic E-state index is 12.6. The zero-order valence-corrected chi connectivity index (χ0v) is 22.2. The zero-order valence-electron chi connectivity index (χ0n) is 20.5. The molecule has 1 aliphatic heterocycles. The van der Waals surface area contributed by atoms with E-state index in [1.807, 2.05) is 57.2 Å². The second-order valence-corrected chi connectivity index (χ2v) is 12.3. The Balaban J connectivity index is 1.17. The number of rotatable bonds is 10. The lowest BCUT2D eigenvalue weighted by molar-refractivity contribution is 0.0472. The van der Waals surface area contributed by atoms with Gasteiger partial charge in [-0.2, -0.15) is 0 Å². The Kier molecular flexibility index (Phi) is 8.28. The third-order valence-corrected chi connectivity index (χ3v) is 8.38. The number of ether oxygens (including phenoxy) is 1. The van der Waals surface area contributed by atoms with Crippen LogP contribution in [0.2, 0.25) is 0 Å². The molecule has 0 spiro atoms. The lowest BCUT2D eigenvalue weighted by Gasteiger charge is -2.35. The number of aryl methyl sites for hydroxylation is 3. The van der Waals surface area contributed by atoms with Gasteiger partial charge in [0.2, 0.25) is 10.0 Å². The molecule has 1 atom stereocenters. The van der Waals surface area contributed by atoms with E-state index in [1.165, 1.54) is 0 Å². The molecule has 2 heterocycles. The van der Waals surface area contributed by atoms with Gasteiger partial charge in [-0.05, 0) is 50.1 Å². The number of aromatic nitrogens is 1. The number of nitrogens with one attached hydrogen (secondary N) is 1. The number of hydrogen-bond donors (Lipinski definition) is 2. The third-order valence-electron chi connectivity index (χ3n) is 6.18. The molecular formula is C25H34N4O4S2. The van der Waals surface area contributed by atoms with Gasteiger partial charge in [0.25, 0.3) is 0 Å². The van der Waals surface area contributed by atoms with E-state index >= 15 is 0 Å². The quantitative estimate of drug-likeness (QED) is 0.426. The van der Waals surface area contributed by atoms with E-state index < -0.39 is 16.1 Å². The maximum Gasteiger partial charge on any atom is 0.233 e. The number of piperazine rings is 1. The number of fused-ring (bicyclic) bond motifs is 1. The van der Waals surface area contributed by atoms with Crippen LogP contribution in [0.1, 0.15) is 16.1 Å². The fourth-order valence-corrected chi connectivity index (χ4v) is 6.13. The van der Waals surface area contributed by atoms with Gasteiger partial charge in [-0.1, -0.05) is 12.1 Å². The average Bonchev–Trinajstić information content (AvgIpc) is 3.19. The number of benzene rings is 2. The fraction of sp³-hybridized carbons (Fsp3) is 0.480. The van der Waals surface area contributed by atoms with Gasteiger partial charge in [-0.15, -0.1) is 11.3 Å². The number of thiazole rings is 1. The second kappa shape index (κ2) is 11.2. The molecule has 0 radical (unpaired) electrons. The summed E-state index contributed by atoms with van der Waals surface area (Å²) in [4.78, 5) is 8.84. The minimum Gasteiger partial charge on any atom is -0.491 e. The van der Waals surface area contributed by atoms with Crippen LogP contribution >= 0.6 is 11.3 Å². The van der Waals surface area contributed by atoms with Crippen molar-refractivity contribution >= 4 is 37.3 Å². The Morgan fingerprint density at radius 2 is 1.83 bits per heavy atom. The molecule has 1 saturated heterocycles. The van der Waals surface area contributed by atoms with Crippen LogP contribution < -0.4 is 9.46 Å². The first kappa shape index (κ1) is 25.8. The first-order valence-electron chi connectivity index (χ1n) is 11.9. The molecule has 3 aromatic rings. The minimum absolute atomic E-state index is 0.0553. The van der Waals surface area contributed by atoms with E-state index in [2.05, 4.69) is 19.5 Å². The molecule has 2 N–H and O–H groups in total. The molecule has 0 bridgehead atoms. The highest BCUT2D eigenvalue weighted by atomic mass is 32.2. The number of nitrogens with zero attached hydrogens (tertiary/aromatic N) is 3. The van der Waals surface area contributed by atoms with Gasteiger partial charge in [-0.25, -0.2) is 13.4 Å². The second-order valence-electron chi connectivity index (χ2n) is 9.21. The standard InChI is InChI=1S/C25H34N4O4S2/c1-18-4-5-19(2)23(14-18)27-35(31,32)13-12-28-8-10-29(11-9-28)16-21(30)17-33-22-6-7-25-24(15-22)26-20(3)34-25/h4-7,14-15,21,27,30H,8-13,16-17H2,1-3H3. The van der Waals surface area contributed by atoms with Crippen molar-refractivity contribution in [1.29, 1.82) is 0 Å². The SMILES string of the molecule is Cc1ccc(C)c(NS(=O)(=O)CCN2CCN(CC(O)COc3ccc4sc(C)nc4c3)CC2)c1. The van der Waals surface area contributed by atoms with Crippen molar-refractivity contribution in [1.82, 2.24) is 14.8 Å². The Morgan fingerprint density at radius 1 is 1.09 bits per heavy atom.